The van der Waals surface area contributed by atoms with Crippen molar-refractivity contribution in [2.45, 2.75) is 20.8 Å². The number of anilines is 1. The van der Waals surface area contributed by atoms with Gasteiger partial charge in [-0.25, -0.2) is 4.98 Å². The van der Waals surface area contributed by atoms with Gasteiger partial charge in [0.2, 0.25) is 0 Å². The lowest BCUT2D eigenvalue weighted by Crippen LogP contribution is -2.12. The molecule has 0 aliphatic carbocycles. The summed E-state index contributed by atoms with van der Waals surface area (Å²) in [4.78, 5) is 16.8. The number of carbonyl (C=O) groups is 1. The molecule has 23 heavy (non-hydrogen) atoms. The molecule has 1 N–H and O–H groups in total. The van der Waals surface area contributed by atoms with Gasteiger partial charge in [0.15, 0.2) is 10.8 Å². The summed E-state index contributed by atoms with van der Waals surface area (Å²) in [6, 6.07) is 8.03. The van der Waals surface area contributed by atoms with Crippen molar-refractivity contribution in [1.29, 1.82) is 0 Å². The molecule has 0 fully saturated rings. The van der Waals surface area contributed by atoms with E-state index in [1.165, 1.54) is 22.5 Å². The van der Waals surface area contributed by atoms with E-state index in [2.05, 4.69) is 47.4 Å². The molecule has 0 aliphatic rings. The fourth-order valence-electron chi connectivity index (χ4n) is 2.30. The molecule has 0 unspecified atom stereocenters. The number of hydrogen-bond donors (Lipinski definition) is 1. The Morgan fingerprint density at radius 2 is 2.00 bits per heavy atom. The largest absolute Gasteiger partial charge is 0.296 e. The molecule has 2 aromatic heterocycles. The van der Waals surface area contributed by atoms with Crippen LogP contribution >= 0.6 is 11.3 Å². The van der Waals surface area contributed by atoms with Gasteiger partial charge in [-0.05, 0) is 38.5 Å². The molecule has 5 nitrogen and oxygen atoms in total. The predicted octanol–water partition coefficient (Wildman–Crippen LogP) is 3.72. The van der Waals surface area contributed by atoms with E-state index < -0.39 is 0 Å². The molecule has 3 aromatic rings. The molecule has 118 valence electrons. The van der Waals surface area contributed by atoms with Gasteiger partial charge in [0, 0.05) is 23.7 Å². The zero-order chi connectivity index (χ0) is 16.6. The van der Waals surface area contributed by atoms with Crippen LogP contribution in [0, 0.1) is 20.8 Å². The molecule has 0 saturated carbocycles. The van der Waals surface area contributed by atoms with E-state index >= 15 is 0 Å². The molecular formula is C17H18N4OS. The number of aryl methyl sites for hydroxylation is 4. The minimum absolute atomic E-state index is 0.240. The van der Waals surface area contributed by atoms with Gasteiger partial charge in [-0.3, -0.25) is 14.8 Å². The third-order valence-electron chi connectivity index (χ3n) is 3.74. The van der Waals surface area contributed by atoms with Gasteiger partial charge >= 0.3 is 0 Å². The molecule has 3 rings (SSSR count). The lowest BCUT2D eigenvalue weighted by atomic mass is 10.0. The molecule has 2 heterocycles. The van der Waals surface area contributed by atoms with Crippen LogP contribution in [0.3, 0.4) is 0 Å². The van der Waals surface area contributed by atoms with Crippen LogP contribution in [0.1, 0.15) is 27.3 Å². The van der Waals surface area contributed by atoms with Crippen molar-refractivity contribution in [3.8, 4) is 11.3 Å². The first-order valence-corrected chi connectivity index (χ1v) is 8.17. The van der Waals surface area contributed by atoms with Crippen LogP contribution < -0.4 is 5.32 Å². The Labute approximate surface area is 139 Å². The SMILES string of the molecule is Cc1ccc(C)c(-c2csc(NC(=O)c3cc(C)n(C)n3)n2)c1. The van der Waals surface area contributed by atoms with Crippen LogP contribution in [0.2, 0.25) is 0 Å². The molecule has 0 atom stereocenters. The van der Waals surface area contributed by atoms with Crippen LogP contribution in [0.15, 0.2) is 29.6 Å². The highest BCUT2D eigenvalue weighted by Crippen LogP contribution is 2.28. The number of amides is 1. The fourth-order valence-corrected chi connectivity index (χ4v) is 3.00. The summed E-state index contributed by atoms with van der Waals surface area (Å²) >= 11 is 1.42. The monoisotopic (exact) mass is 326 g/mol. The molecule has 6 heteroatoms. The second kappa shape index (κ2) is 5.96. The number of thiazole rings is 1. The molecular weight excluding hydrogens is 308 g/mol. The highest BCUT2D eigenvalue weighted by Gasteiger charge is 2.14. The van der Waals surface area contributed by atoms with Gasteiger partial charge < -0.3 is 0 Å². The molecule has 1 aromatic carbocycles. The zero-order valence-electron chi connectivity index (χ0n) is 13.5. The van der Waals surface area contributed by atoms with Crippen LogP contribution in [0.5, 0.6) is 0 Å². The molecule has 1 amide bonds. The number of benzene rings is 1. The van der Waals surface area contributed by atoms with Crippen molar-refractivity contribution in [2.75, 3.05) is 5.32 Å². The number of carbonyl (C=O) groups excluding carboxylic acids is 1. The van der Waals surface area contributed by atoms with E-state index in [1.807, 2.05) is 19.4 Å². The molecule has 0 aliphatic heterocycles. The van der Waals surface area contributed by atoms with Gasteiger partial charge in [-0.15, -0.1) is 11.3 Å². The minimum Gasteiger partial charge on any atom is -0.296 e. The summed E-state index contributed by atoms with van der Waals surface area (Å²) in [6.45, 7) is 6.02. The van der Waals surface area contributed by atoms with E-state index in [0.29, 0.717) is 10.8 Å². The average molecular weight is 326 g/mol. The van der Waals surface area contributed by atoms with Gasteiger partial charge in [0.05, 0.1) is 5.69 Å². The average Bonchev–Trinajstić information content (AvgIpc) is 3.09. The van der Waals surface area contributed by atoms with Crippen molar-refractivity contribution < 1.29 is 4.79 Å². The van der Waals surface area contributed by atoms with Crippen molar-refractivity contribution in [3.05, 3.63) is 52.2 Å². The first-order valence-electron chi connectivity index (χ1n) is 7.29. The van der Waals surface area contributed by atoms with Crippen molar-refractivity contribution >= 4 is 22.4 Å². The van der Waals surface area contributed by atoms with Crippen molar-refractivity contribution in [1.82, 2.24) is 14.8 Å². The van der Waals surface area contributed by atoms with Gasteiger partial charge in [0.1, 0.15) is 0 Å². The van der Waals surface area contributed by atoms with Crippen molar-refractivity contribution in [2.24, 2.45) is 7.05 Å². The maximum atomic E-state index is 12.2. The Hall–Kier alpha value is -2.47. The summed E-state index contributed by atoms with van der Waals surface area (Å²) < 4.78 is 1.68. The van der Waals surface area contributed by atoms with Gasteiger partial charge in [-0.2, -0.15) is 5.10 Å². The third-order valence-corrected chi connectivity index (χ3v) is 4.50. The maximum Gasteiger partial charge on any atom is 0.277 e. The Bertz CT molecular complexity index is 859. The Morgan fingerprint density at radius 1 is 1.22 bits per heavy atom. The summed E-state index contributed by atoms with van der Waals surface area (Å²) in [6.07, 6.45) is 0. The van der Waals surface area contributed by atoms with Crippen LogP contribution in [-0.4, -0.2) is 20.7 Å². The van der Waals surface area contributed by atoms with Gasteiger partial charge in [0.25, 0.3) is 5.91 Å². The maximum absolute atomic E-state index is 12.2. The van der Waals surface area contributed by atoms with E-state index in [4.69, 9.17) is 0 Å². The second-order valence-corrected chi connectivity index (χ2v) is 6.46. The molecule has 0 radical (unpaired) electrons. The topological polar surface area (TPSA) is 59.8 Å². The van der Waals surface area contributed by atoms with Crippen LogP contribution in [0.25, 0.3) is 11.3 Å². The first-order chi connectivity index (χ1) is 10.9. The standard InChI is InChI=1S/C17H18N4OS/c1-10-5-6-11(2)13(7-10)15-9-23-17(18-15)19-16(22)14-8-12(3)21(4)20-14/h5-9H,1-4H3,(H,18,19,22). The third kappa shape index (κ3) is 3.17. The Balaban J connectivity index is 1.82. The Morgan fingerprint density at radius 3 is 2.70 bits per heavy atom. The zero-order valence-corrected chi connectivity index (χ0v) is 14.4. The van der Waals surface area contributed by atoms with E-state index in [1.54, 1.807) is 10.7 Å². The minimum atomic E-state index is -0.240. The van der Waals surface area contributed by atoms with Crippen molar-refractivity contribution in [3.63, 3.8) is 0 Å². The predicted molar refractivity (Wildman–Crippen MR) is 92.9 cm³/mol. The number of hydrogen-bond acceptors (Lipinski definition) is 4. The van der Waals surface area contributed by atoms with Crippen LogP contribution in [-0.2, 0) is 7.05 Å². The molecule has 0 bridgehead atoms. The summed E-state index contributed by atoms with van der Waals surface area (Å²) in [5.41, 5.74) is 5.66. The smallest absolute Gasteiger partial charge is 0.277 e. The first kappa shape index (κ1) is 15.4. The number of rotatable bonds is 3. The second-order valence-electron chi connectivity index (χ2n) is 5.60. The lowest BCUT2D eigenvalue weighted by molar-refractivity contribution is 0.102. The summed E-state index contributed by atoms with van der Waals surface area (Å²) in [7, 11) is 1.81. The fraction of sp³-hybridized carbons (Fsp3) is 0.235. The summed E-state index contributed by atoms with van der Waals surface area (Å²) in [5, 5.41) is 9.53. The quantitative estimate of drug-likeness (QED) is 0.798. The number of nitrogens with zero attached hydrogens (tertiary/aromatic N) is 3. The lowest BCUT2D eigenvalue weighted by Gasteiger charge is -2.03. The van der Waals surface area contributed by atoms with E-state index in [0.717, 1.165) is 17.0 Å². The highest BCUT2D eigenvalue weighted by atomic mass is 32.1. The summed E-state index contributed by atoms with van der Waals surface area (Å²) in [5.74, 6) is -0.240. The highest BCUT2D eigenvalue weighted by molar-refractivity contribution is 7.14. The number of aromatic nitrogens is 3. The normalized spacial score (nSPS) is 10.8. The molecule has 0 saturated heterocycles. The molecule has 0 spiro atoms. The van der Waals surface area contributed by atoms with Crippen LogP contribution in [0.4, 0.5) is 5.13 Å². The Kier molecular flexibility index (Phi) is 4.00. The van der Waals surface area contributed by atoms with Gasteiger partial charge in [-0.1, -0.05) is 17.7 Å². The number of nitrogens with one attached hydrogen (secondary N) is 1. The van der Waals surface area contributed by atoms with E-state index in [-0.39, 0.29) is 5.91 Å². The van der Waals surface area contributed by atoms with E-state index in [9.17, 15) is 4.79 Å².